The Hall–Kier alpha value is -1.98. The lowest BCUT2D eigenvalue weighted by Crippen LogP contribution is -2.34. The molecule has 2 rings (SSSR count). The average Bonchev–Trinajstić information content (AvgIpc) is 2.41. The van der Waals surface area contributed by atoms with E-state index >= 15 is 0 Å². The minimum absolute atomic E-state index is 0.142. The third kappa shape index (κ3) is 3.76. The quantitative estimate of drug-likeness (QED) is 0.661. The van der Waals surface area contributed by atoms with Crippen LogP contribution < -0.4 is 10.6 Å². The summed E-state index contributed by atoms with van der Waals surface area (Å²) in [5.74, 6) is -0.396. The highest BCUT2D eigenvalue weighted by atomic mass is 35.5. The predicted molar refractivity (Wildman–Crippen MR) is 84.1 cm³/mol. The fourth-order valence-electron chi connectivity index (χ4n) is 1.53. The number of nitrogens with one attached hydrogen (secondary N) is 2. The number of hydrogen-bond donors (Lipinski definition) is 2. The first-order chi connectivity index (χ1) is 9.56. The molecule has 4 nitrogen and oxygen atoms in total. The fraction of sp³-hybridized carbons (Fsp3) is 0.0714. The lowest BCUT2D eigenvalue weighted by Gasteiger charge is -2.10. The van der Waals surface area contributed by atoms with Gasteiger partial charge in [-0.15, -0.1) is 0 Å². The van der Waals surface area contributed by atoms with E-state index in [1.54, 1.807) is 12.1 Å². The lowest BCUT2D eigenvalue weighted by molar-refractivity contribution is 0.0977. The van der Waals surface area contributed by atoms with E-state index in [-0.39, 0.29) is 15.8 Å². The zero-order valence-corrected chi connectivity index (χ0v) is 12.3. The van der Waals surface area contributed by atoms with E-state index in [0.717, 1.165) is 11.3 Å². The average molecular weight is 306 g/mol. The van der Waals surface area contributed by atoms with Crippen molar-refractivity contribution in [3.8, 4) is 0 Å². The molecule has 0 aliphatic heterocycles. The van der Waals surface area contributed by atoms with Crippen molar-refractivity contribution >= 4 is 40.5 Å². The van der Waals surface area contributed by atoms with Crippen LogP contribution >= 0.6 is 23.8 Å². The zero-order valence-electron chi connectivity index (χ0n) is 10.7. The minimum atomic E-state index is -0.396. The van der Waals surface area contributed by atoms with Crippen molar-refractivity contribution in [2.75, 3.05) is 5.32 Å². The molecule has 0 fully saturated rings. The number of carbonyl (C=O) groups excluding carboxylic acids is 1. The number of aromatic nitrogens is 1. The highest BCUT2D eigenvalue weighted by molar-refractivity contribution is 7.80. The van der Waals surface area contributed by atoms with Crippen LogP contribution in [0.2, 0.25) is 5.15 Å². The highest BCUT2D eigenvalue weighted by Gasteiger charge is 2.12. The molecule has 1 aromatic carbocycles. The molecule has 0 bridgehead atoms. The second kappa shape index (κ2) is 6.45. The van der Waals surface area contributed by atoms with Crippen molar-refractivity contribution in [2.24, 2.45) is 0 Å². The van der Waals surface area contributed by atoms with Crippen molar-refractivity contribution in [3.05, 3.63) is 58.9 Å². The standard InChI is InChI=1S/C14H12ClN3OS/c1-9-4-6-10(7-5-9)17-14(20)18-13(19)11-3-2-8-16-12(11)15/h2-8H,1H3,(H2,17,18,19,20). The monoisotopic (exact) mass is 305 g/mol. The van der Waals surface area contributed by atoms with Gasteiger partial charge in [-0.1, -0.05) is 29.3 Å². The van der Waals surface area contributed by atoms with E-state index in [1.807, 2.05) is 31.2 Å². The summed E-state index contributed by atoms with van der Waals surface area (Å²) in [7, 11) is 0. The second-order valence-electron chi connectivity index (χ2n) is 4.12. The third-order valence-electron chi connectivity index (χ3n) is 2.54. The largest absolute Gasteiger partial charge is 0.332 e. The van der Waals surface area contributed by atoms with Crippen LogP contribution in [0.4, 0.5) is 5.69 Å². The molecule has 0 unspecified atom stereocenters. The van der Waals surface area contributed by atoms with Gasteiger partial charge in [0, 0.05) is 11.9 Å². The van der Waals surface area contributed by atoms with Gasteiger partial charge in [0.05, 0.1) is 5.56 Å². The first kappa shape index (κ1) is 14.4. The third-order valence-corrected chi connectivity index (χ3v) is 3.05. The summed E-state index contributed by atoms with van der Waals surface area (Å²) in [6.07, 6.45) is 1.52. The van der Waals surface area contributed by atoms with Crippen LogP contribution in [0.3, 0.4) is 0 Å². The van der Waals surface area contributed by atoms with Crippen LogP contribution in [0.25, 0.3) is 0 Å². The van der Waals surface area contributed by atoms with Gasteiger partial charge in [-0.2, -0.15) is 0 Å². The zero-order chi connectivity index (χ0) is 14.5. The van der Waals surface area contributed by atoms with E-state index in [2.05, 4.69) is 15.6 Å². The summed E-state index contributed by atoms with van der Waals surface area (Å²) in [5.41, 5.74) is 2.23. The Morgan fingerprint density at radius 3 is 2.60 bits per heavy atom. The van der Waals surface area contributed by atoms with E-state index in [4.69, 9.17) is 23.8 Å². The molecular formula is C14H12ClN3OS. The number of thiocarbonyl (C=S) groups is 1. The van der Waals surface area contributed by atoms with Crippen LogP contribution in [0.5, 0.6) is 0 Å². The number of amides is 1. The van der Waals surface area contributed by atoms with E-state index in [9.17, 15) is 4.79 Å². The molecule has 20 heavy (non-hydrogen) atoms. The highest BCUT2D eigenvalue weighted by Crippen LogP contribution is 2.12. The van der Waals surface area contributed by atoms with Crippen LogP contribution in [0.15, 0.2) is 42.6 Å². The van der Waals surface area contributed by atoms with Crippen molar-refractivity contribution in [1.82, 2.24) is 10.3 Å². The first-order valence-electron chi connectivity index (χ1n) is 5.86. The molecule has 1 aromatic heterocycles. The Bertz CT molecular complexity index is 643. The van der Waals surface area contributed by atoms with Crippen molar-refractivity contribution < 1.29 is 4.79 Å². The van der Waals surface area contributed by atoms with Gasteiger partial charge in [-0.05, 0) is 43.4 Å². The summed E-state index contributed by atoms with van der Waals surface area (Å²) < 4.78 is 0. The van der Waals surface area contributed by atoms with Crippen molar-refractivity contribution in [2.45, 2.75) is 6.92 Å². The molecule has 2 N–H and O–H groups in total. The summed E-state index contributed by atoms with van der Waals surface area (Å²) in [6, 6.07) is 10.9. The second-order valence-corrected chi connectivity index (χ2v) is 4.88. The molecule has 2 aromatic rings. The van der Waals surface area contributed by atoms with Crippen molar-refractivity contribution in [1.29, 1.82) is 0 Å². The SMILES string of the molecule is Cc1ccc(NC(=S)NC(=O)c2cccnc2Cl)cc1. The lowest BCUT2D eigenvalue weighted by atomic mass is 10.2. The molecule has 0 radical (unpaired) electrons. The van der Waals surface area contributed by atoms with E-state index in [0.29, 0.717) is 0 Å². The Labute approximate surface area is 127 Å². The topological polar surface area (TPSA) is 54.0 Å². The molecule has 6 heteroatoms. The normalized spacial score (nSPS) is 9.90. The Kier molecular flexibility index (Phi) is 4.65. The molecule has 0 aliphatic carbocycles. The predicted octanol–water partition coefficient (Wildman–Crippen LogP) is 3.17. The number of rotatable bonds is 2. The molecule has 0 saturated heterocycles. The number of aryl methyl sites for hydroxylation is 1. The summed E-state index contributed by atoms with van der Waals surface area (Å²) in [6.45, 7) is 1.99. The van der Waals surface area contributed by atoms with Gasteiger partial charge in [-0.25, -0.2) is 4.98 Å². The van der Waals surface area contributed by atoms with Crippen LogP contribution in [-0.2, 0) is 0 Å². The van der Waals surface area contributed by atoms with Gasteiger partial charge in [0.2, 0.25) is 0 Å². The van der Waals surface area contributed by atoms with Crippen molar-refractivity contribution in [3.63, 3.8) is 0 Å². The van der Waals surface area contributed by atoms with Crippen LogP contribution in [0.1, 0.15) is 15.9 Å². The Morgan fingerprint density at radius 1 is 1.25 bits per heavy atom. The number of benzene rings is 1. The summed E-state index contributed by atoms with van der Waals surface area (Å²) >= 11 is 10.9. The van der Waals surface area contributed by atoms with Gasteiger partial charge < -0.3 is 5.32 Å². The van der Waals surface area contributed by atoms with Gasteiger partial charge in [0.1, 0.15) is 5.15 Å². The number of pyridine rings is 1. The maximum Gasteiger partial charge on any atom is 0.260 e. The molecule has 0 aliphatic rings. The van der Waals surface area contributed by atoms with Gasteiger partial charge in [0.15, 0.2) is 5.11 Å². The number of halogens is 1. The number of hydrogen-bond acceptors (Lipinski definition) is 3. The summed E-state index contributed by atoms with van der Waals surface area (Å²) in [5, 5.41) is 5.83. The van der Waals surface area contributed by atoms with Gasteiger partial charge >= 0.3 is 0 Å². The maximum atomic E-state index is 12.0. The molecule has 102 valence electrons. The number of nitrogens with zero attached hydrogens (tertiary/aromatic N) is 1. The Morgan fingerprint density at radius 2 is 1.95 bits per heavy atom. The summed E-state index contributed by atoms with van der Waals surface area (Å²) in [4.78, 5) is 15.8. The number of carbonyl (C=O) groups is 1. The fourth-order valence-corrected chi connectivity index (χ4v) is 1.94. The molecular weight excluding hydrogens is 294 g/mol. The molecule has 1 heterocycles. The number of anilines is 1. The van der Waals surface area contributed by atoms with Gasteiger partial charge in [-0.3, -0.25) is 10.1 Å². The minimum Gasteiger partial charge on any atom is -0.332 e. The van der Waals surface area contributed by atoms with E-state index in [1.165, 1.54) is 6.20 Å². The Balaban J connectivity index is 2.00. The van der Waals surface area contributed by atoms with Gasteiger partial charge in [0.25, 0.3) is 5.91 Å². The maximum absolute atomic E-state index is 12.0. The molecule has 0 atom stereocenters. The van der Waals surface area contributed by atoms with Crippen LogP contribution in [-0.4, -0.2) is 16.0 Å². The molecule has 0 saturated carbocycles. The molecule has 1 amide bonds. The first-order valence-corrected chi connectivity index (χ1v) is 6.64. The van der Waals surface area contributed by atoms with Crippen LogP contribution in [0, 0.1) is 6.92 Å². The molecule has 0 spiro atoms. The smallest absolute Gasteiger partial charge is 0.260 e. The van der Waals surface area contributed by atoms with E-state index < -0.39 is 5.91 Å².